The molecule has 0 bridgehead atoms. The van der Waals surface area contributed by atoms with Crippen LogP contribution in [0.3, 0.4) is 0 Å². The quantitative estimate of drug-likeness (QED) is 0.542. The van der Waals surface area contributed by atoms with E-state index in [1.165, 1.54) is 12.7 Å². The molecular weight excluding hydrogens is 335 g/mol. The van der Waals surface area contributed by atoms with Crippen molar-refractivity contribution in [2.75, 3.05) is 11.9 Å². The van der Waals surface area contributed by atoms with Gasteiger partial charge in [-0.25, -0.2) is 9.97 Å². The molecule has 2 aromatic rings. The Morgan fingerprint density at radius 3 is 3.06 bits per heavy atom. The molecule has 2 rings (SSSR count). The Kier molecular flexibility index (Phi) is 4.07. The van der Waals surface area contributed by atoms with Crippen molar-refractivity contribution >= 4 is 28.4 Å². The molecule has 2 aromatic heterocycles. The van der Waals surface area contributed by atoms with Crippen LogP contribution >= 0.6 is 22.6 Å². The van der Waals surface area contributed by atoms with Crippen molar-refractivity contribution in [3.8, 4) is 0 Å². The SMILES string of the molecule is O=c1[nH]cnc(NCCCc2ncn[nH]2)c1I. The lowest BCUT2D eigenvalue weighted by Gasteiger charge is -2.05. The smallest absolute Gasteiger partial charge is 0.266 e. The van der Waals surface area contributed by atoms with Crippen LogP contribution in [-0.2, 0) is 6.42 Å². The van der Waals surface area contributed by atoms with Gasteiger partial charge in [-0.05, 0) is 29.0 Å². The predicted molar refractivity (Wildman–Crippen MR) is 70.8 cm³/mol. The van der Waals surface area contributed by atoms with Crippen LogP contribution in [0.25, 0.3) is 0 Å². The Balaban J connectivity index is 1.82. The molecule has 0 aliphatic heterocycles. The van der Waals surface area contributed by atoms with Gasteiger partial charge >= 0.3 is 0 Å². The summed E-state index contributed by atoms with van der Waals surface area (Å²) in [5.41, 5.74) is -0.127. The van der Waals surface area contributed by atoms with Gasteiger partial charge in [-0.2, -0.15) is 5.10 Å². The molecule has 0 saturated heterocycles. The van der Waals surface area contributed by atoms with Gasteiger partial charge in [-0.3, -0.25) is 9.89 Å². The highest BCUT2D eigenvalue weighted by molar-refractivity contribution is 14.1. The lowest BCUT2D eigenvalue weighted by molar-refractivity contribution is 0.802. The Labute approximate surface area is 111 Å². The molecule has 0 unspecified atom stereocenters. The number of anilines is 1. The van der Waals surface area contributed by atoms with E-state index in [1.807, 2.05) is 22.6 Å². The number of H-pyrrole nitrogens is 2. The van der Waals surface area contributed by atoms with Crippen molar-refractivity contribution in [3.05, 3.63) is 32.4 Å². The molecule has 0 aliphatic carbocycles. The standard InChI is InChI=1S/C9H11IN6O/c10-7-8(13-4-14-9(7)17)11-3-1-2-6-12-5-15-16-6/h4-5H,1-3H2,(H,12,15,16)(H2,11,13,14,17). The minimum Gasteiger partial charge on any atom is -0.369 e. The highest BCUT2D eigenvalue weighted by atomic mass is 127. The van der Waals surface area contributed by atoms with Crippen LogP contribution in [-0.4, -0.2) is 31.7 Å². The zero-order chi connectivity index (χ0) is 12.1. The van der Waals surface area contributed by atoms with Crippen molar-refractivity contribution in [1.29, 1.82) is 0 Å². The third-order valence-corrected chi connectivity index (χ3v) is 3.15. The first kappa shape index (κ1) is 12.0. The summed E-state index contributed by atoms with van der Waals surface area (Å²) in [4.78, 5) is 21.9. The first-order valence-electron chi connectivity index (χ1n) is 5.08. The summed E-state index contributed by atoms with van der Waals surface area (Å²) in [6.45, 7) is 0.729. The number of hydrogen-bond acceptors (Lipinski definition) is 5. The Hall–Kier alpha value is -1.45. The first-order chi connectivity index (χ1) is 8.27. The van der Waals surface area contributed by atoms with Crippen molar-refractivity contribution < 1.29 is 0 Å². The minimum atomic E-state index is -0.127. The van der Waals surface area contributed by atoms with Crippen molar-refractivity contribution in [3.63, 3.8) is 0 Å². The number of halogens is 1. The zero-order valence-electron chi connectivity index (χ0n) is 8.90. The molecule has 0 amide bonds. The fourth-order valence-corrected chi connectivity index (χ4v) is 1.81. The van der Waals surface area contributed by atoms with Gasteiger partial charge in [0.25, 0.3) is 5.56 Å². The molecule has 0 atom stereocenters. The highest BCUT2D eigenvalue weighted by Crippen LogP contribution is 2.08. The molecule has 7 nitrogen and oxygen atoms in total. The largest absolute Gasteiger partial charge is 0.369 e. The fourth-order valence-electron chi connectivity index (χ4n) is 1.32. The number of nitrogens with zero attached hydrogens (tertiary/aromatic N) is 3. The van der Waals surface area contributed by atoms with E-state index in [0.717, 1.165) is 25.2 Å². The van der Waals surface area contributed by atoms with E-state index >= 15 is 0 Å². The van der Waals surface area contributed by atoms with Crippen LogP contribution in [0.15, 0.2) is 17.4 Å². The highest BCUT2D eigenvalue weighted by Gasteiger charge is 2.03. The molecule has 0 radical (unpaired) electrons. The minimum absolute atomic E-state index is 0.127. The number of aromatic nitrogens is 5. The van der Waals surface area contributed by atoms with Gasteiger partial charge in [0.05, 0.1) is 6.33 Å². The second kappa shape index (κ2) is 5.75. The van der Waals surface area contributed by atoms with E-state index in [2.05, 4.69) is 30.5 Å². The topological polar surface area (TPSA) is 99.3 Å². The van der Waals surface area contributed by atoms with Gasteiger partial charge in [0.2, 0.25) is 0 Å². The van der Waals surface area contributed by atoms with Gasteiger partial charge in [-0.1, -0.05) is 0 Å². The molecule has 17 heavy (non-hydrogen) atoms. The third-order valence-electron chi connectivity index (χ3n) is 2.14. The zero-order valence-corrected chi connectivity index (χ0v) is 11.1. The number of rotatable bonds is 5. The number of hydrogen-bond donors (Lipinski definition) is 3. The van der Waals surface area contributed by atoms with Crippen molar-refractivity contribution in [2.24, 2.45) is 0 Å². The van der Waals surface area contributed by atoms with Gasteiger partial charge in [0, 0.05) is 13.0 Å². The van der Waals surface area contributed by atoms with Crippen molar-refractivity contribution in [1.82, 2.24) is 25.1 Å². The lowest BCUT2D eigenvalue weighted by Crippen LogP contribution is -2.15. The van der Waals surface area contributed by atoms with E-state index in [0.29, 0.717) is 9.39 Å². The Morgan fingerprint density at radius 1 is 1.41 bits per heavy atom. The molecule has 0 saturated carbocycles. The Bertz CT molecular complexity index is 523. The van der Waals surface area contributed by atoms with Gasteiger partial charge in [0.1, 0.15) is 21.5 Å². The fraction of sp³-hybridized carbons (Fsp3) is 0.333. The summed E-state index contributed by atoms with van der Waals surface area (Å²) in [6.07, 6.45) is 4.58. The normalized spacial score (nSPS) is 10.4. The maximum absolute atomic E-state index is 11.3. The molecule has 2 heterocycles. The number of aryl methyl sites for hydroxylation is 1. The van der Waals surface area contributed by atoms with Crippen molar-refractivity contribution in [2.45, 2.75) is 12.8 Å². The van der Waals surface area contributed by atoms with E-state index < -0.39 is 0 Å². The van der Waals surface area contributed by atoms with Crippen LogP contribution in [0, 0.1) is 3.57 Å². The van der Waals surface area contributed by atoms with E-state index in [1.54, 1.807) is 0 Å². The van der Waals surface area contributed by atoms with Gasteiger partial charge < -0.3 is 10.3 Å². The molecule has 3 N–H and O–H groups in total. The summed E-state index contributed by atoms with van der Waals surface area (Å²) in [5, 5.41) is 9.68. The second-order valence-electron chi connectivity index (χ2n) is 3.36. The summed E-state index contributed by atoms with van der Waals surface area (Å²) in [5.74, 6) is 1.48. The van der Waals surface area contributed by atoms with E-state index in [4.69, 9.17) is 0 Å². The lowest BCUT2D eigenvalue weighted by atomic mass is 10.3. The van der Waals surface area contributed by atoms with Crippen LogP contribution in [0.4, 0.5) is 5.82 Å². The maximum Gasteiger partial charge on any atom is 0.266 e. The molecule has 0 fully saturated rings. The monoisotopic (exact) mass is 346 g/mol. The second-order valence-corrected chi connectivity index (χ2v) is 4.44. The predicted octanol–water partition coefficient (Wildman–Crippen LogP) is 0.537. The third kappa shape index (κ3) is 3.25. The van der Waals surface area contributed by atoms with Crippen LogP contribution in [0.2, 0.25) is 0 Å². The summed E-state index contributed by atoms with van der Waals surface area (Å²) in [7, 11) is 0. The number of aromatic amines is 2. The molecular formula is C9H11IN6O. The first-order valence-corrected chi connectivity index (χ1v) is 6.16. The average molecular weight is 346 g/mol. The Morgan fingerprint density at radius 2 is 2.29 bits per heavy atom. The van der Waals surface area contributed by atoms with Crippen LogP contribution in [0.5, 0.6) is 0 Å². The van der Waals surface area contributed by atoms with Gasteiger partial charge in [0.15, 0.2) is 0 Å². The van der Waals surface area contributed by atoms with E-state index in [-0.39, 0.29) is 5.56 Å². The summed E-state index contributed by atoms with van der Waals surface area (Å²) in [6, 6.07) is 0. The van der Waals surface area contributed by atoms with Gasteiger partial charge in [-0.15, -0.1) is 0 Å². The summed E-state index contributed by atoms with van der Waals surface area (Å²) >= 11 is 1.97. The molecule has 0 spiro atoms. The number of nitrogens with one attached hydrogen (secondary N) is 3. The molecule has 8 heteroatoms. The van der Waals surface area contributed by atoms with Crippen LogP contribution in [0.1, 0.15) is 12.2 Å². The molecule has 90 valence electrons. The summed E-state index contributed by atoms with van der Waals surface area (Å²) < 4.78 is 0.574. The van der Waals surface area contributed by atoms with E-state index in [9.17, 15) is 4.79 Å². The molecule has 0 aliphatic rings. The maximum atomic E-state index is 11.3. The average Bonchev–Trinajstić information content (AvgIpc) is 2.83. The van der Waals surface area contributed by atoms with Crippen LogP contribution < -0.4 is 10.9 Å². The molecule has 0 aromatic carbocycles.